The minimum absolute atomic E-state index is 0. The summed E-state index contributed by atoms with van der Waals surface area (Å²) in [6.07, 6.45) is 1.68. The summed E-state index contributed by atoms with van der Waals surface area (Å²) >= 11 is 4.88. The number of benzene rings is 2. The normalized spacial score (nSPS) is 10.1. The van der Waals surface area contributed by atoms with Crippen molar-refractivity contribution < 1.29 is 60.6 Å². The number of hydrogen-bond donors (Lipinski definition) is 1. The second kappa shape index (κ2) is 8.28. The zero-order chi connectivity index (χ0) is 15.5. The van der Waals surface area contributed by atoms with Crippen LogP contribution in [0.2, 0.25) is 0 Å². The molecule has 0 fully saturated rings. The van der Waals surface area contributed by atoms with Crippen LogP contribution in [0.15, 0.2) is 59.6 Å². The number of halogens is 1. The zero-order valence-electron chi connectivity index (χ0n) is 12.5. The van der Waals surface area contributed by atoms with Gasteiger partial charge < -0.3 is 17.9 Å². The third-order valence-electron chi connectivity index (χ3n) is 3.26. The molecular formula is C17H12FKN2OS. The molecule has 6 heteroatoms. The predicted octanol–water partition coefficient (Wildman–Crippen LogP) is 0.465. The Kier molecular flexibility index (Phi) is 6.64. The molecule has 0 aliphatic carbocycles. The summed E-state index contributed by atoms with van der Waals surface area (Å²) in [4.78, 5) is 16.7. The molecule has 0 saturated heterocycles. The van der Waals surface area contributed by atoms with Gasteiger partial charge in [-0.2, -0.15) is 4.90 Å². The van der Waals surface area contributed by atoms with Crippen LogP contribution in [0, 0.1) is 5.82 Å². The summed E-state index contributed by atoms with van der Waals surface area (Å²) in [5, 5.41) is 3.70. The van der Waals surface area contributed by atoms with Crippen LogP contribution >= 0.6 is 0 Å². The molecule has 1 aromatic heterocycles. The quantitative estimate of drug-likeness (QED) is 0.551. The number of carbonyl (C=O) groups excluding carboxylic acids is 1. The number of amides is 1. The van der Waals surface area contributed by atoms with Crippen molar-refractivity contribution in [1.29, 1.82) is 0 Å². The molecule has 0 saturated carbocycles. The minimum Gasteiger partial charge on any atom is -0.780 e. The van der Waals surface area contributed by atoms with Crippen LogP contribution in [0.3, 0.4) is 0 Å². The van der Waals surface area contributed by atoms with Gasteiger partial charge in [0.2, 0.25) is 5.91 Å². The van der Waals surface area contributed by atoms with Gasteiger partial charge in [-0.25, -0.2) is 4.39 Å². The molecule has 2 aromatic carbocycles. The molecule has 0 bridgehead atoms. The van der Waals surface area contributed by atoms with Crippen molar-refractivity contribution >= 4 is 35.1 Å². The summed E-state index contributed by atoms with van der Waals surface area (Å²) in [6.45, 7) is 0. The Morgan fingerprint density at radius 1 is 1.17 bits per heavy atom. The van der Waals surface area contributed by atoms with E-state index in [1.165, 1.54) is 6.07 Å². The van der Waals surface area contributed by atoms with E-state index in [-0.39, 0.29) is 63.7 Å². The topological polar surface area (TPSA) is 42.0 Å². The van der Waals surface area contributed by atoms with E-state index in [2.05, 4.69) is 10.3 Å². The molecule has 3 aromatic rings. The fourth-order valence-electron chi connectivity index (χ4n) is 2.20. The number of carbonyl (C=O) groups is 1. The van der Waals surface area contributed by atoms with Gasteiger partial charge in [0.15, 0.2) is 0 Å². The van der Waals surface area contributed by atoms with Gasteiger partial charge in [0.1, 0.15) is 5.82 Å². The number of nitrogens with zero attached hydrogens (tertiary/aromatic N) is 1. The van der Waals surface area contributed by atoms with Crippen LogP contribution in [0.1, 0.15) is 5.56 Å². The van der Waals surface area contributed by atoms with E-state index in [9.17, 15) is 9.18 Å². The number of pyridine rings is 1. The van der Waals surface area contributed by atoms with Gasteiger partial charge in [0.25, 0.3) is 0 Å². The molecule has 110 valence electrons. The van der Waals surface area contributed by atoms with Gasteiger partial charge in [-0.3, -0.25) is 9.78 Å². The fourth-order valence-corrected chi connectivity index (χ4v) is 2.37. The molecule has 3 rings (SSSR count). The summed E-state index contributed by atoms with van der Waals surface area (Å²) in [5.74, 6) is -0.732. The minimum atomic E-state index is -0.453. The maximum absolute atomic E-state index is 13.7. The van der Waals surface area contributed by atoms with Gasteiger partial charge in [-0.1, -0.05) is 18.2 Å². The molecule has 1 heterocycles. The van der Waals surface area contributed by atoms with Crippen molar-refractivity contribution in [1.82, 2.24) is 4.98 Å². The molecule has 1 amide bonds. The summed E-state index contributed by atoms with van der Waals surface area (Å²) in [6, 6.07) is 13.6. The van der Waals surface area contributed by atoms with Crippen LogP contribution in [-0.4, -0.2) is 10.9 Å². The second-order valence-corrected chi connectivity index (χ2v) is 5.36. The number of nitrogens with one attached hydrogen (secondary N) is 1. The molecule has 0 aliphatic heterocycles. The average molecular weight is 350 g/mol. The molecule has 0 atom stereocenters. The van der Waals surface area contributed by atoms with Gasteiger partial charge in [0, 0.05) is 17.3 Å². The maximum atomic E-state index is 13.7. The van der Waals surface area contributed by atoms with E-state index < -0.39 is 5.82 Å². The van der Waals surface area contributed by atoms with Crippen molar-refractivity contribution in [3.8, 4) is 0 Å². The first-order valence-electron chi connectivity index (χ1n) is 6.72. The third-order valence-corrected chi connectivity index (χ3v) is 3.52. The number of anilines is 1. The second-order valence-electron chi connectivity index (χ2n) is 4.89. The Morgan fingerprint density at radius 3 is 2.78 bits per heavy atom. The van der Waals surface area contributed by atoms with Gasteiger partial charge in [-0.05, 0) is 35.9 Å². The zero-order valence-corrected chi connectivity index (χ0v) is 16.5. The molecule has 23 heavy (non-hydrogen) atoms. The molecular weight excluding hydrogens is 338 g/mol. The number of fused-ring (bicyclic) bond motifs is 1. The van der Waals surface area contributed by atoms with E-state index in [1.54, 1.807) is 24.4 Å². The molecule has 1 N–H and O–H groups in total. The smallest absolute Gasteiger partial charge is 0.780 e. The Labute approximate surface area is 181 Å². The van der Waals surface area contributed by atoms with Crippen molar-refractivity contribution in [2.45, 2.75) is 11.3 Å². The Hall–Kier alpha value is -0.894. The monoisotopic (exact) mass is 350 g/mol. The van der Waals surface area contributed by atoms with Crippen molar-refractivity contribution in [3.63, 3.8) is 0 Å². The first kappa shape index (κ1) is 18.4. The SMILES string of the molecule is O=C(Cc1ccc([S-])cc1F)Nc1ccc2ncccc2c1.[K+]. The number of aromatic nitrogens is 1. The van der Waals surface area contributed by atoms with Crippen LogP contribution in [0.25, 0.3) is 10.9 Å². The van der Waals surface area contributed by atoms with Gasteiger partial charge in [-0.15, -0.1) is 0 Å². The Bertz CT molecular complexity index is 857. The average Bonchev–Trinajstić information content (AvgIpc) is 2.50. The first-order valence-corrected chi connectivity index (χ1v) is 7.13. The summed E-state index contributed by atoms with van der Waals surface area (Å²) < 4.78 is 13.7. The van der Waals surface area contributed by atoms with Crippen molar-refractivity contribution in [2.24, 2.45) is 0 Å². The van der Waals surface area contributed by atoms with Gasteiger partial charge >= 0.3 is 51.4 Å². The Morgan fingerprint density at radius 2 is 2.00 bits per heavy atom. The van der Waals surface area contributed by atoms with E-state index in [0.29, 0.717) is 16.1 Å². The van der Waals surface area contributed by atoms with E-state index in [4.69, 9.17) is 12.6 Å². The molecule has 0 aliphatic rings. The summed E-state index contributed by atoms with van der Waals surface area (Å²) in [7, 11) is 0. The van der Waals surface area contributed by atoms with E-state index in [0.717, 1.165) is 10.9 Å². The first-order chi connectivity index (χ1) is 10.6. The Balaban J connectivity index is 0.00000192. The molecule has 3 nitrogen and oxygen atoms in total. The van der Waals surface area contributed by atoms with Crippen LogP contribution in [0.4, 0.5) is 10.1 Å². The van der Waals surface area contributed by atoms with Gasteiger partial charge in [0.05, 0.1) is 11.9 Å². The number of hydrogen-bond acceptors (Lipinski definition) is 3. The van der Waals surface area contributed by atoms with E-state index >= 15 is 0 Å². The third kappa shape index (κ3) is 4.79. The molecule has 0 spiro atoms. The standard InChI is InChI=1S/C17H13FN2OS.K/c18-15-10-14(22)5-3-11(15)9-17(21)20-13-4-6-16-12(8-13)2-1-7-19-16;/h1-8,10,22H,9H2,(H,20,21);/q;+1/p-1. The van der Waals surface area contributed by atoms with Crippen LogP contribution < -0.4 is 56.7 Å². The van der Waals surface area contributed by atoms with Crippen molar-refractivity contribution in [3.05, 3.63) is 66.1 Å². The predicted molar refractivity (Wildman–Crippen MR) is 86.1 cm³/mol. The van der Waals surface area contributed by atoms with E-state index in [1.807, 2.05) is 24.3 Å². The largest absolute Gasteiger partial charge is 1.00 e. The van der Waals surface area contributed by atoms with Crippen LogP contribution in [-0.2, 0) is 23.8 Å². The fraction of sp³-hybridized carbons (Fsp3) is 0.0588. The molecule has 0 radical (unpaired) electrons. The van der Waals surface area contributed by atoms with Crippen LogP contribution in [0.5, 0.6) is 0 Å². The summed E-state index contributed by atoms with van der Waals surface area (Å²) in [5.41, 5.74) is 1.84. The van der Waals surface area contributed by atoms with Crippen molar-refractivity contribution in [2.75, 3.05) is 5.32 Å². The number of rotatable bonds is 3. The maximum Gasteiger partial charge on any atom is 1.00 e. The molecule has 0 unspecified atom stereocenters.